The maximum absolute atomic E-state index is 13.7. The van der Waals surface area contributed by atoms with Gasteiger partial charge in [0.15, 0.2) is 0 Å². The second kappa shape index (κ2) is 18.8. The zero-order chi connectivity index (χ0) is 41.4. The van der Waals surface area contributed by atoms with E-state index in [1.807, 2.05) is 72.9 Å². The summed E-state index contributed by atoms with van der Waals surface area (Å²) in [7, 11) is 2.57. The van der Waals surface area contributed by atoms with Crippen molar-refractivity contribution in [3.63, 3.8) is 0 Å². The highest BCUT2D eigenvalue weighted by Crippen LogP contribution is 2.31. The topological polar surface area (TPSA) is 175 Å². The summed E-state index contributed by atoms with van der Waals surface area (Å²) in [5.41, 5.74) is 5.40. The largest absolute Gasteiger partial charge is 0.453 e. The Kier molecular flexibility index (Phi) is 13.9. The van der Waals surface area contributed by atoms with Crippen molar-refractivity contribution in [3.05, 3.63) is 72.4 Å². The molecule has 3 aromatic carbocycles. The predicted molar refractivity (Wildman–Crippen MR) is 221 cm³/mol. The molecule has 0 saturated heterocycles. The van der Waals surface area contributed by atoms with Crippen molar-refractivity contribution in [2.75, 3.05) is 27.3 Å². The van der Waals surface area contributed by atoms with Crippen LogP contribution in [0.15, 0.2) is 60.8 Å². The van der Waals surface area contributed by atoms with Crippen molar-refractivity contribution in [3.8, 4) is 22.4 Å². The first-order chi connectivity index (χ1) is 27.3. The molecule has 57 heavy (non-hydrogen) atoms. The van der Waals surface area contributed by atoms with Crippen LogP contribution in [-0.4, -0.2) is 93.1 Å². The molecule has 0 aliphatic rings. The fourth-order valence-electron chi connectivity index (χ4n) is 6.95. The third-order valence-corrected chi connectivity index (χ3v) is 10.1. The van der Waals surface area contributed by atoms with Crippen molar-refractivity contribution in [1.82, 2.24) is 40.4 Å². The summed E-state index contributed by atoms with van der Waals surface area (Å²) < 4.78 is 9.53. The lowest BCUT2D eigenvalue weighted by Gasteiger charge is -2.32. The van der Waals surface area contributed by atoms with Crippen molar-refractivity contribution in [2.45, 2.75) is 86.0 Å². The van der Waals surface area contributed by atoms with E-state index in [-0.39, 0.29) is 36.2 Å². The van der Waals surface area contributed by atoms with Gasteiger partial charge in [-0.25, -0.2) is 19.6 Å². The van der Waals surface area contributed by atoms with Gasteiger partial charge in [-0.05, 0) is 77.8 Å². The molecule has 0 saturated carbocycles. The van der Waals surface area contributed by atoms with Gasteiger partial charge in [-0.2, -0.15) is 0 Å². The molecule has 0 aliphatic carbocycles. The summed E-state index contributed by atoms with van der Waals surface area (Å²) in [6, 6.07) is 16.8. The minimum atomic E-state index is -0.733. The molecule has 4 amide bonds. The van der Waals surface area contributed by atoms with E-state index in [1.165, 1.54) is 14.2 Å². The van der Waals surface area contributed by atoms with Gasteiger partial charge in [-0.3, -0.25) is 9.59 Å². The molecule has 0 bridgehead atoms. The lowest BCUT2D eigenvalue weighted by molar-refractivity contribution is -0.137. The molecular weight excluding hydrogens is 725 g/mol. The van der Waals surface area contributed by atoms with E-state index >= 15 is 0 Å². The number of rotatable bonds is 16. The standard InChI is InChI=1S/C43H56N8O6/c1-10-18-50(40(52)37(25(3)4)48-42(54)56-8)24-36-44-23-35(45-36)32-15-14-28-20-29(12-13-30(28)21-32)31-16-17-33-34(22-31)47-39(46-33)27(7)51(19-11-2)41(53)38(26(5)6)49-43(55)57-9/h12-17,20-23,25-27,37-38H,10-11,18-19,24H2,1-9H3,(H,44,45)(H,46,47)(H,48,54)(H,49,55). The number of carbonyl (C=O) groups excluding carboxylic acids is 4. The maximum Gasteiger partial charge on any atom is 0.407 e. The third kappa shape index (κ3) is 9.91. The number of hydrogen-bond donors (Lipinski definition) is 4. The number of benzene rings is 3. The number of aromatic nitrogens is 4. The molecule has 0 spiro atoms. The Morgan fingerprint density at radius 3 is 1.88 bits per heavy atom. The van der Waals surface area contributed by atoms with Gasteiger partial charge in [0.25, 0.3) is 0 Å². The number of imidazole rings is 2. The van der Waals surface area contributed by atoms with E-state index in [0.717, 1.165) is 57.0 Å². The number of H-pyrrole nitrogens is 2. The van der Waals surface area contributed by atoms with Gasteiger partial charge < -0.3 is 39.9 Å². The second-order valence-corrected chi connectivity index (χ2v) is 15.0. The van der Waals surface area contributed by atoms with Crippen LogP contribution in [0.2, 0.25) is 0 Å². The van der Waals surface area contributed by atoms with Crippen LogP contribution in [0.3, 0.4) is 0 Å². The number of methoxy groups -OCH3 is 2. The van der Waals surface area contributed by atoms with Crippen LogP contribution in [0.25, 0.3) is 44.2 Å². The van der Waals surface area contributed by atoms with Crippen molar-refractivity contribution in [2.24, 2.45) is 11.8 Å². The maximum atomic E-state index is 13.7. The summed E-state index contributed by atoms with van der Waals surface area (Å²) in [5.74, 6) is 0.677. The quantitative estimate of drug-likeness (QED) is 0.0793. The number of nitrogens with one attached hydrogen (secondary N) is 4. The Labute approximate surface area is 334 Å². The van der Waals surface area contributed by atoms with Crippen molar-refractivity contribution >= 4 is 45.8 Å². The summed E-state index contributed by atoms with van der Waals surface area (Å²) >= 11 is 0. The Balaban J connectivity index is 1.33. The van der Waals surface area contributed by atoms with Crippen LogP contribution < -0.4 is 10.6 Å². The van der Waals surface area contributed by atoms with Crippen molar-refractivity contribution < 1.29 is 28.7 Å². The molecule has 2 aromatic heterocycles. The van der Waals surface area contributed by atoms with E-state index in [9.17, 15) is 19.2 Å². The molecule has 304 valence electrons. The third-order valence-electron chi connectivity index (χ3n) is 10.1. The van der Waals surface area contributed by atoms with Gasteiger partial charge >= 0.3 is 12.2 Å². The van der Waals surface area contributed by atoms with Crippen LogP contribution >= 0.6 is 0 Å². The monoisotopic (exact) mass is 780 g/mol. The Morgan fingerprint density at radius 2 is 1.28 bits per heavy atom. The number of aromatic amines is 2. The first-order valence-corrected chi connectivity index (χ1v) is 19.6. The number of nitrogens with zero attached hydrogens (tertiary/aromatic N) is 4. The molecule has 0 aliphatic heterocycles. The molecule has 3 atom stereocenters. The van der Waals surface area contributed by atoms with Gasteiger partial charge in [0.1, 0.15) is 23.7 Å². The first-order valence-electron chi connectivity index (χ1n) is 19.6. The number of fused-ring (bicyclic) bond motifs is 2. The summed E-state index contributed by atoms with van der Waals surface area (Å²) in [5, 5.41) is 7.49. The fraction of sp³-hybridized carbons (Fsp3) is 0.442. The molecule has 5 rings (SSSR count). The highest BCUT2D eigenvalue weighted by Gasteiger charge is 2.33. The van der Waals surface area contributed by atoms with E-state index in [0.29, 0.717) is 24.7 Å². The van der Waals surface area contributed by atoms with Crippen LogP contribution in [0, 0.1) is 11.8 Å². The SMILES string of the molecule is CCCN(Cc1nc(-c2ccc3cc(-c4ccc5[nH]c(C(C)N(CCC)C(=O)C(NC(=O)OC)C(C)C)nc5c4)ccc3c2)c[nH]1)C(=O)C(NC(=O)OC)C(C)C. The van der Waals surface area contributed by atoms with Crippen LogP contribution in [0.5, 0.6) is 0 Å². The number of ether oxygens (including phenoxy) is 2. The molecule has 5 aromatic rings. The van der Waals surface area contributed by atoms with E-state index in [1.54, 1.807) is 9.80 Å². The number of carbonyl (C=O) groups is 4. The van der Waals surface area contributed by atoms with E-state index in [2.05, 4.69) is 57.0 Å². The Hall–Kier alpha value is -5.92. The molecule has 14 nitrogen and oxygen atoms in total. The average Bonchev–Trinajstić information content (AvgIpc) is 3.86. The molecule has 0 fully saturated rings. The Bertz CT molecular complexity index is 2190. The van der Waals surface area contributed by atoms with Gasteiger partial charge in [0, 0.05) is 24.8 Å². The zero-order valence-electron chi connectivity index (χ0n) is 34.4. The first kappa shape index (κ1) is 42.2. The molecule has 3 unspecified atom stereocenters. The minimum Gasteiger partial charge on any atom is -0.453 e. The van der Waals surface area contributed by atoms with E-state index < -0.39 is 24.3 Å². The smallest absolute Gasteiger partial charge is 0.407 e. The van der Waals surface area contributed by atoms with Crippen LogP contribution in [0.1, 0.15) is 79.0 Å². The predicted octanol–water partition coefficient (Wildman–Crippen LogP) is 7.57. The van der Waals surface area contributed by atoms with E-state index in [4.69, 9.17) is 19.4 Å². The molecular formula is C43H56N8O6. The number of hydrogen-bond acceptors (Lipinski definition) is 8. The van der Waals surface area contributed by atoms with Gasteiger partial charge in [0.05, 0.1) is 43.5 Å². The van der Waals surface area contributed by atoms with Crippen molar-refractivity contribution in [1.29, 1.82) is 0 Å². The average molecular weight is 781 g/mol. The molecule has 2 heterocycles. The lowest BCUT2D eigenvalue weighted by atomic mass is 9.99. The molecule has 14 heteroatoms. The molecule has 0 radical (unpaired) electrons. The normalized spacial score (nSPS) is 13.0. The Morgan fingerprint density at radius 1 is 0.719 bits per heavy atom. The number of amides is 4. The van der Waals surface area contributed by atoms with Crippen LogP contribution in [-0.2, 0) is 25.6 Å². The summed E-state index contributed by atoms with van der Waals surface area (Å²) in [6.45, 7) is 14.8. The molecule has 4 N–H and O–H groups in total. The second-order valence-electron chi connectivity index (χ2n) is 15.0. The number of alkyl carbamates (subject to hydrolysis) is 2. The van der Waals surface area contributed by atoms with Gasteiger partial charge in [-0.1, -0.05) is 71.9 Å². The highest BCUT2D eigenvalue weighted by atomic mass is 16.5. The summed E-state index contributed by atoms with van der Waals surface area (Å²) in [4.78, 5) is 71.1. The lowest BCUT2D eigenvalue weighted by Crippen LogP contribution is -2.52. The van der Waals surface area contributed by atoms with Gasteiger partial charge in [0.2, 0.25) is 11.8 Å². The highest BCUT2D eigenvalue weighted by molar-refractivity contribution is 5.92. The summed E-state index contributed by atoms with van der Waals surface area (Å²) in [6.07, 6.45) is 2.06. The minimum absolute atomic E-state index is 0.126. The zero-order valence-corrected chi connectivity index (χ0v) is 34.4. The van der Waals surface area contributed by atoms with Crippen LogP contribution in [0.4, 0.5) is 9.59 Å². The van der Waals surface area contributed by atoms with Gasteiger partial charge in [-0.15, -0.1) is 0 Å². The fourth-order valence-corrected chi connectivity index (χ4v) is 6.95.